The van der Waals surface area contributed by atoms with Gasteiger partial charge in [0.2, 0.25) is 0 Å². The van der Waals surface area contributed by atoms with Crippen molar-refractivity contribution >= 4 is 10.9 Å². The molecule has 4 nitrogen and oxygen atoms in total. The number of nitrogens with two attached hydrogens (primary N) is 1. The van der Waals surface area contributed by atoms with E-state index >= 15 is 0 Å². The van der Waals surface area contributed by atoms with Crippen molar-refractivity contribution in [2.45, 2.75) is 19.9 Å². The van der Waals surface area contributed by atoms with E-state index in [0.717, 1.165) is 29.6 Å². The van der Waals surface area contributed by atoms with Crippen LogP contribution in [0.15, 0.2) is 18.2 Å². The number of phenolic OH excluding ortho intramolecular Hbond substituents is 1. The Labute approximate surface area is 88.3 Å². The first kappa shape index (κ1) is 9.98. The average Bonchev–Trinajstić information content (AvgIpc) is 2.53. The molecule has 0 fully saturated rings. The molecule has 0 saturated carbocycles. The third-order valence-corrected chi connectivity index (χ3v) is 2.56. The van der Waals surface area contributed by atoms with E-state index in [2.05, 4.69) is 5.10 Å². The van der Waals surface area contributed by atoms with Crippen molar-refractivity contribution in [3.8, 4) is 5.75 Å². The number of benzene rings is 1. The normalized spacial score (nSPS) is 11.1. The van der Waals surface area contributed by atoms with Gasteiger partial charge in [0.1, 0.15) is 5.75 Å². The number of fused-ring (bicyclic) bond motifs is 1. The third-order valence-electron chi connectivity index (χ3n) is 2.56. The van der Waals surface area contributed by atoms with Gasteiger partial charge in [-0.15, -0.1) is 0 Å². The standard InChI is InChI=1S/C11H15N3O/c1-8-10-7-9(15)3-4-11(10)13-14(8)6-2-5-12/h3-4,7,15H,2,5-6,12H2,1H3. The van der Waals surface area contributed by atoms with Crippen LogP contribution in [-0.2, 0) is 6.54 Å². The fourth-order valence-electron chi connectivity index (χ4n) is 1.70. The van der Waals surface area contributed by atoms with Crippen molar-refractivity contribution < 1.29 is 5.11 Å². The molecular formula is C11H15N3O. The maximum Gasteiger partial charge on any atom is 0.116 e. The minimum absolute atomic E-state index is 0.281. The monoisotopic (exact) mass is 205 g/mol. The van der Waals surface area contributed by atoms with Crippen molar-refractivity contribution in [1.29, 1.82) is 0 Å². The van der Waals surface area contributed by atoms with Gasteiger partial charge in [-0.05, 0) is 38.1 Å². The molecule has 1 aromatic heterocycles. The highest BCUT2D eigenvalue weighted by Gasteiger charge is 2.06. The zero-order valence-corrected chi connectivity index (χ0v) is 8.77. The third kappa shape index (κ3) is 1.80. The maximum atomic E-state index is 9.38. The number of aryl methyl sites for hydroxylation is 2. The Balaban J connectivity index is 2.45. The highest BCUT2D eigenvalue weighted by atomic mass is 16.3. The lowest BCUT2D eigenvalue weighted by atomic mass is 10.2. The molecule has 0 amide bonds. The fraction of sp³-hybridized carbons (Fsp3) is 0.364. The zero-order valence-electron chi connectivity index (χ0n) is 8.77. The first-order valence-corrected chi connectivity index (χ1v) is 5.08. The van der Waals surface area contributed by atoms with Crippen molar-refractivity contribution in [1.82, 2.24) is 9.78 Å². The van der Waals surface area contributed by atoms with E-state index in [4.69, 9.17) is 5.73 Å². The molecule has 0 aliphatic carbocycles. The Hall–Kier alpha value is -1.55. The summed E-state index contributed by atoms with van der Waals surface area (Å²) in [6.45, 7) is 3.50. The molecule has 0 aliphatic heterocycles. The van der Waals surface area contributed by atoms with Crippen LogP contribution < -0.4 is 5.73 Å². The molecule has 3 N–H and O–H groups in total. The lowest BCUT2D eigenvalue weighted by Gasteiger charge is -2.01. The van der Waals surface area contributed by atoms with Gasteiger partial charge in [-0.2, -0.15) is 5.10 Å². The van der Waals surface area contributed by atoms with Crippen molar-refractivity contribution in [3.63, 3.8) is 0 Å². The summed E-state index contributed by atoms with van der Waals surface area (Å²) in [5, 5.41) is 14.8. The number of hydrogen-bond acceptors (Lipinski definition) is 3. The number of aromatic hydroxyl groups is 1. The fourth-order valence-corrected chi connectivity index (χ4v) is 1.70. The van der Waals surface area contributed by atoms with Crippen LogP contribution in [-0.4, -0.2) is 21.4 Å². The summed E-state index contributed by atoms with van der Waals surface area (Å²) < 4.78 is 1.94. The van der Waals surface area contributed by atoms with Crippen LogP contribution in [0.4, 0.5) is 0 Å². The maximum absolute atomic E-state index is 9.38. The van der Waals surface area contributed by atoms with Gasteiger partial charge in [-0.3, -0.25) is 4.68 Å². The van der Waals surface area contributed by atoms with Crippen molar-refractivity contribution in [2.75, 3.05) is 6.54 Å². The summed E-state index contributed by atoms with van der Waals surface area (Å²) >= 11 is 0. The summed E-state index contributed by atoms with van der Waals surface area (Å²) in [6, 6.07) is 5.23. The van der Waals surface area contributed by atoms with E-state index in [0.29, 0.717) is 6.54 Å². The second-order valence-electron chi connectivity index (χ2n) is 3.65. The van der Waals surface area contributed by atoms with Gasteiger partial charge < -0.3 is 10.8 Å². The summed E-state index contributed by atoms with van der Waals surface area (Å²) in [4.78, 5) is 0. The Morgan fingerprint density at radius 1 is 1.47 bits per heavy atom. The van der Waals surface area contributed by atoms with E-state index in [-0.39, 0.29) is 5.75 Å². The summed E-state index contributed by atoms with van der Waals surface area (Å²) in [6.07, 6.45) is 0.917. The van der Waals surface area contributed by atoms with Gasteiger partial charge in [0.05, 0.1) is 5.52 Å². The number of phenols is 1. The average molecular weight is 205 g/mol. The highest BCUT2D eigenvalue weighted by Crippen LogP contribution is 2.22. The molecule has 1 heterocycles. The molecule has 0 atom stereocenters. The largest absolute Gasteiger partial charge is 0.508 e. The minimum Gasteiger partial charge on any atom is -0.508 e. The van der Waals surface area contributed by atoms with E-state index in [1.54, 1.807) is 12.1 Å². The Morgan fingerprint density at radius 3 is 3.00 bits per heavy atom. The van der Waals surface area contributed by atoms with E-state index in [1.165, 1.54) is 0 Å². The van der Waals surface area contributed by atoms with Gasteiger partial charge in [-0.25, -0.2) is 0 Å². The van der Waals surface area contributed by atoms with Gasteiger partial charge in [0.25, 0.3) is 0 Å². The molecule has 0 unspecified atom stereocenters. The number of hydrogen-bond donors (Lipinski definition) is 2. The Kier molecular flexibility index (Phi) is 2.60. The zero-order chi connectivity index (χ0) is 10.8. The van der Waals surface area contributed by atoms with Crippen molar-refractivity contribution in [2.24, 2.45) is 5.73 Å². The molecule has 1 aromatic carbocycles. The molecule has 0 bridgehead atoms. The van der Waals surface area contributed by atoms with Crippen LogP contribution in [0, 0.1) is 6.92 Å². The quantitative estimate of drug-likeness (QED) is 0.796. The molecule has 0 aliphatic rings. The lowest BCUT2D eigenvalue weighted by Crippen LogP contribution is -2.07. The van der Waals surface area contributed by atoms with Crippen molar-refractivity contribution in [3.05, 3.63) is 23.9 Å². The number of aromatic nitrogens is 2. The van der Waals surface area contributed by atoms with Crippen LogP contribution in [0.25, 0.3) is 10.9 Å². The topological polar surface area (TPSA) is 64.1 Å². The first-order valence-electron chi connectivity index (χ1n) is 5.08. The van der Waals surface area contributed by atoms with Crippen LogP contribution in [0.1, 0.15) is 12.1 Å². The van der Waals surface area contributed by atoms with Gasteiger partial charge in [0.15, 0.2) is 0 Å². The Bertz CT molecular complexity index is 476. The first-order chi connectivity index (χ1) is 7.22. The van der Waals surface area contributed by atoms with Gasteiger partial charge >= 0.3 is 0 Å². The molecule has 0 spiro atoms. The molecule has 15 heavy (non-hydrogen) atoms. The number of rotatable bonds is 3. The lowest BCUT2D eigenvalue weighted by molar-refractivity contribution is 0.476. The van der Waals surface area contributed by atoms with E-state index in [9.17, 15) is 5.11 Å². The van der Waals surface area contributed by atoms with E-state index < -0.39 is 0 Å². The molecule has 80 valence electrons. The SMILES string of the molecule is Cc1c2cc(O)ccc2nn1CCCN. The number of nitrogens with zero attached hydrogens (tertiary/aromatic N) is 2. The Morgan fingerprint density at radius 2 is 2.27 bits per heavy atom. The molecule has 0 radical (unpaired) electrons. The van der Waals surface area contributed by atoms with Crippen LogP contribution in [0.2, 0.25) is 0 Å². The smallest absolute Gasteiger partial charge is 0.116 e. The summed E-state index contributed by atoms with van der Waals surface area (Å²) in [5.41, 5.74) is 7.46. The molecule has 4 heteroatoms. The predicted octanol–water partition coefficient (Wildman–Crippen LogP) is 1.40. The predicted molar refractivity (Wildman–Crippen MR) is 59.8 cm³/mol. The highest BCUT2D eigenvalue weighted by molar-refractivity contribution is 5.82. The summed E-state index contributed by atoms with van der Waals surface area (Å²) in [5.74, 6) is 0.281. The molecule has 2 aromatic rings. The molecular weight excluding hydrogens is 190 g/mol. The van der Waals surface area contributed by atoms with Gasteiger partial charge in [-0.1, -0.05) is 0 Å². The molecule has 0 saturated heterocycles. The second kappa shape index (κ2) is 3.90. The van der Waals surface area contributed by atoms with E-state index in [1.807, 2.05) is 17.7 Å². The van der Waals surface area contributed by atoms with Gasteiger partial charge in [0, 0.05) is 17.6 Å². The van der Waals surface area contributed by atoms with Crippen LogP contribution in [0.3, 0.4) is 0 Å². The minimum atomic E-state index is 0.281. The summed E-state index contributed by atoms with van der Waals surface area (Å²) in [7, 11) is 0. The molecule has 2 rings (SSSR count). The van der Waals surface area contributed by atoms with Crippen LogP contribution in [0.5, 0.6) is 5.75 Å². The second-order valence-corrected chi connectivity index (χ2v) is 3.65. The van der Waals surface area contributed by atoms with Crippen LogP contribution >= 0.6 is 0 Å².